The van der Waals surface area contributed by atoms with E-state index < -0.39 is 0 Å². The summed E-state index contributed by atoms with van der Waals surface area (Å²) < 4.78 is 4.89. The van der Waals surface area contributed by atoms with E-state index >= 15 is 0 Å². The third kappa shape index (κ3) is 5.72. The first kappa shape index (κ1) is 22.1. The van der Waals surface area contributed by atoms with Gasteiger partial charge in [0, 0.05) is 37.8 Å². The van der Waals surface area contributed by atoms with Crippen molar-refractivity contribution < 1.29 is 19.1 Å². The molecule has 8 nitrogen and oxygen atoms in total. The first-order chi connectivity index (χ1) is 14.5. The van der Waals surface area contributed by atoms with Crippen molar-refractivity contribution in [3.8, 4) is 0 Å². The van der Waals surface area contributed by atoms with Crippen molar-refractivity contribution in [3.05, 3.63) is 29.3 Å². The Balaban J connectivity index is 1.49. The van der Waals surface area contributed by atoms with Gasteiger partial charge in [-0.2, -0.15) is 0 Å². The maximum atomic E-state index is 12.8. The van der Waals surface area contributed by atoms with Gasteiger partial charge >= 0.3 is 12.0 Å². The third-order valence-electron chi connectivity index (χ3n) is 5.53. The van der Waals surface area contributed by atoms with Gasteiger partial charge in [0.1, 0.15) is 0 Å². The fourth-order valence-electron chi connectivity index (χ4n) is 3.96. The predicted molar refractivity (Wildman–Crippen MR) is 115 cm³/mol. The van der Waals surface area contributed by atoms with Crippen LogP contribution in [0.5, 0.6) is 0 Å². The highest BCUT2D eigenvalue weighted by Crippen LogP contribution is 2.25. The Morgan fingerprint density at radius 1 is 1.20 bits per heavy atom. The molecular formula is C22H32N4O4. The molecule has 0 aromatic heterocycles. The molecule has 0 bridgehead atoms. The van der Waals surface area contributed by atoms with Gasteiger partial charge in [-0.05, 0) is 63.0 Å². The Morgan fingerprint density at radius 2 is 1.97 bits per heavy atom. The van der Waals surface area contributed by atoms with E-state index in [9.17, 15) is 14.4 Å². The number of urea groups is 1. The fourth-order valence-corrected chi connectivity index (χ4v) is 3.96. The number of hydrogen-bond acceptors (Lipinski definition) is 5. The van der Waals surface area contributed by atoms with E-state index in [0.717, 1.165) is 31.6 Å². The SMILES string of the molecule is CCOC(=O)CC(C)NC(=O)CCN1CCN(c2ccc3c(c2)CCNCC3)C1=O. The van der Waals surface area contributed by atoms with E-state index in [1.807, 2.05) is 6.07 Å². The molecule has 3 rings (SSSR count). The van der Waals surface area contributed by atoms with Crippen molar-refractivity contribution in [2.75, 3.05) is 44.2 Å². The number of nitrogens with one attached hydrogen (secondary N) is 2. The summed E-state index contributed by atoms with van der Waals surface area (Å²) in [6.07, 6.45) is 2.34. The number of carbonyl (C=O) groups excluding carboxylic acids is 3. The van der Waals surface area contributed by atoms with E-state index in [1.54, 1.807) is 23.6 Å². The standard InChI is InChI=1S/C22H32N4O4/c1-3-30-21(28)14-16(2)24-20(27)8-11-25-12-13-26(22(25)29)19-5-4-17-6-9-23-10-7-18(17)15-19/h4-5,15-16,23H,3,6-14H2,1-2H3,(H,24,27). The number of nitrogens with zero attached hydrogens (tertiary/aromatic N) is 2. The second-order valence-corrected chi connectivity index (χ2v) is 7.85. The Kier molecular flexibility index (Phi) is 7.68. The molecule has 2 N–H and O–H groups in total. The normalized spacial score (nSPS) is 17.3. The number of amides is 3. The Morgan fingerprint density at radius 3 is 2.73 bits per heavy atom. The number of anilines is 1. The molecule has 0 spiro atoms. The Bertz CT molecular complexity index is 782. The van der Waals surface area contributed by atoms with Crippen LogP contribution in [0, 0.1) is 0 Å². The van der Waals surface area contributed by atoms with Gasteiger partial charge in [0.05, 0.1) is 13.0 Å². The molecule has 1 aromatic carbocycles. The van der Waals surface area contributed by atoms with Crippen LogP contribution in [0.3, 0.4) is 0 Å². The lowest BCUT2D eigenvalue weighted by atomic mass is 10.0. The van der Waals surface area contributed by atoms with Crippen LogP contribution in [-0.4, -0.2) is 68.2 Å². The lowest BCUT2D eigenvalue weighted by Crippen LogP contribution is -2.38. The summed E-state index contributed by atoms with van der Waals surface area (Å²) in [5.41, 5.74) is 3.58. The summed E-state index contributed by atoms with van der Waals surface area (Å²) in [7, 11) is 0. The van der Waals surface area contributed by atoms with Crippen molar-refractivity contribution >= 4 is 23.6 Å². The molecule has 30 heavy (non-hydrogen) atoms. The molecule has 2 aliphatic heterocycles. The van der Waals surface area contributed by atoms with Crippen LogP contribution in [0.1, 0.15) is 37.8 Å². The number of ether oxygens (including phenoxy) is 1. The van der Waals surface area contributed by atoms with Crippen LogP contribution < -0.4 is 15.5 Å². The molecule has 164 valence electrons. The molecule has 0 saturated carbocycles. The number of fused-ring (bicyclic) bond motifs is 1. The van der Waals surface area contributed by atoms with E-state index in [-0.39, 0.29) is 36.8 Å². The highest BCUT2D eigenvalue weighted by atomic mass is 16.5. The summed E-state index contributed by atoms with van der Waals surface area (Å²) in [4.78, 5) is 40.0. The van der Waals surface area contributed by atoms with E-state index in [2.05, 4.69) is 22.8 Å². The number of hydrogen-bond donors (Lipinski definition) is 2. The molecule has 0 radical (unpaired) electrons. The predicted octanol–water partition coefficient (Wildman–Crippen LogP) is 1.46. The molecule has 0 aliphatic carbocycles. The summed E-state index contributed by atoms with van der Waals surface area (Å²) in [6, 6.07) is 5.93. The first-order valence-corrected chi connectivity index (χ1v) is 10.8. The average Bonchev–Trinajstić information content (AvgIpc) is 2.91. The molecule has 1 saturated heterocycles. The highest BCUT2D eigenvalue weighted by molar-refractivity contribution is 5.94. The van der Waals surface area contributed by atoms with Crippen molar-refractivity contribution in [2.24, 2.45) is 0 Å². The molecule has 1 fully saturated rings. The molecule has 3 amide bonds. The van der Waals surface area contributed by atoms with Crippen LogP contribution >= 0.6 is 0 Å². The number of rotatable bonds is 8. The number of benzene rings is 1. The van der Waals surface area contributed by atoms with Crippen LogP contribution in [0.15, 0.2) is 18.2 Å². The second-order valence-electron chi connectivity index (χ2n) is 7.85. The van der Waals surface area contributed by atoms with Crippen molar-refractivity contribution in [3.63, 3.8) is 0 Å². The van der Waals surface area contributed by atoms with Crippen molar-refractivity contribution in [1.29, 1.82) is 0 Å². The van der Waals surface area contributed by atoms with Gasteiger partial charge in [-0.25, -0.2) is 4.79 Å². The fraction of sp³-hybridized carbons (Fsp3) is 0.591. The maximum absolute atomic E-state index is 12.8. The van der Waals surface area contributed by atoms with Gasteiger partial charge < -0.3 is 20.3 Å². The zero-order valence-corrected chi connectivity index (χ0v) is 17.9. The van der Waals surface area contributed by atoms with Crippen molar-refractivity contribution in [2.45, 2.75) is 45.6 Å². The monoisotopic (exact) mass is 416 g/mol. The lowest BCUT2D eigenvalue weighted by Gasteiger charge is -2.20. The summed E-state index contributed by atoms with van der Waals surface area (Å²) >= 11 is 0. The lowest BCUT2D eigenvalue weighted by molar-refractivity contribution is -0.143. The molecule has 2 heterocycles. The highest BCUT2D eigenvalue weighted by Gasteiger charge is 2.30. The molecule has 1 unspecified atom stereocenters. The molecule has 2 aliphatic rings. The molecule has 8 heteroatoms. The zero-order chi connectivity index (χ0) is 21.5. The van der Waals surface area contributed by atoms with E-state index in [0.29, 0.717) is 26.2 Å². The second kappa shape index (κ2) is 10.4. The van der Waals surface area contributed by atoms with E-state index in [4.69, 9.17) is 4.74 Å². The first-order valence-electron chi connectivity index (χ1n) is 10.8. The quantitative estimate of drug-likeness (QED) is 0.626. The maximum Gasteiger partial charge on any atom is 0.324 e. The van der Waals surface area contributed by atoms with Gasteiger partial charge in [-0.1, -0.05) is 6.07 Å². The number of esters is 1. The smallest absolute Gasteiger partial charge is 0.324 e. The van der Waals surface area contributed by atoms with Gasteiger partial charge in [0.15, 0.2) is 0 Å². The third-order valence-corrected chi connectivity index (χ3v) is 5.53. The minimum absolute atomic E-state index is 0.0610. The van der Waals surface area contributed by atoms with Gasteiger partial charge in [-0.3, -0.25) is 14.5 Å². The van der Waals surface area contributed by atoms with Crippen LogP contribution in [0.25, 0.3) is 0 Å². The molecule has 1 atom stereocenters. The number of carbonyl (C=O) groups is 3. The average molecular weight is 417 g/mol. The summed E-state index contributed by atoms with van der Waals surface area (Å²) in [5, 5.41) is 6.20. The Hall–Kier alpha value is -2.61. The largest absolute Gasteiger partial charge is 0.466 e. The van der Waals surface area contributed by atoms with E-state index in [1.165, 1.54) is 11.1 Å². The molecular weight excluding hydrogens is 384 g/mol. The Labute approximate surface area is 177 Å². The van der Waals surface area contributed by atoms with Crippen molar-refractivity contribution in [1.82, 2.24) is 15.5 Å². The van der Waals surface area contributed by atoms with Gasteiger partial charge in [0.2, 0.25) is 5.91 Å². The van der Waals surface area contributed by atoms with Crippen LogP contribution in [0.2, 0.25) is 0 Å². The van der Waals surface area contributed by atoms with Gasteiger partial charge in [0.25, 0.3) is 0 Å². The van der Waals surface area contributed by atoms with Crippen LogP contribution in [-0.2, 0) is 27.2 Å². The molecule has 1 aromatic rings. The van der Waals surface area contributed by atoms with Gasteiger partial charge in [-0.15, -0.1) is 0 Å². The summed E-state index contributed by atoms with van der Waals surface area (Å²) in [5.74, 6) is -0.497. The van der Waals surface area contributed by atoms with Crippen LogP contribution in [0.4, 0.5) is 10.5 Å². The zero-order valence-electron chi connectivity index (χ0n) is 17.9. The minimum Gasteiger partial charge on any atom is -0.466 e. The topological polar surface area (TPSA) is 91.0 Å². The summed E-state index contributed by atoms with van der Waals surface area (Å²) in [6.45, 7) is 7.38. The minimum atomic E-state index is -0.327.